The van der Waals surface area contributed by atoms with Crippen LogP contribution in [0.5, 0.6) is 5.75 Å². The Kier molecular flexibility index (Phi) is 5.56. The van der Waals surface area contributed by atoms with E-state index in [1.54, 1.807) is 18.9 Å². The lowest BCUT2D eigenvalue weighted by molar-refractivity contribution is 0.0946. The van der Waals surface area contributed by atoms with Gasteiger partial charge in [0.25, 0.3) is 5.91 Å². The highest BCUT2D eigenvalue weighted by Crippen LogP contribution is 2.38. The monoisotopic (exact) mass is 374 g/mol. The summed E-state index contributed by atoms with van der Waals surface area (Å²) in [7, 11) is 1.63. The Bertz CT molecular complexity index is 890. The van der Waals surface area contributed by atoms with Crippen LogP contribution in [-0.4, -0.2) is 24.5 Å². The predicted octanol–water partition coefficient (Wildman–Crippen LogP) is 5.12. The number of methoxy groups -OCH3 is 1. The third-order valence-electron chi connectivity index (χ3n) is 3.75. The second-order valence-electron chi connectivity index (χ2n) is 5.55. The lowest BCUT2D eigenvalue weighted by Gasteiger charge is -2.06. The molecule has 0 spiro atoms. The van der Waals surface area contributed by atoms with Gasteiger partial charge in [-0.3, -0.25) is 4.79 Å². The van der Waals surface area contributed by atoms with Gasteiger partial charge in [-0.2, -0.15) is 0 Å². The van der Waals surface area contributed by atoms with Gasteiger partial charge in [-0.15, -0.1) is 0 Å². The van der Waals surface area contributed by atoms with Crippen LogP contribution < -0.4 is 10.1 Å². The zero-order valence-corrected chi connectivity index (χ0v) is 15.6. The first-order valence-corrected chi connectivity index (χ1v) is 9.23. The third kappa shape index (κ3) is 3.94. The molecule has 0 bridgehead atoms. The first-order valence-electron chi connectivity index (χ1n) is 8.03. The molecule has 3 rings (SSSR count). The van der Waals surface area contributed by atoms with Gasteiger partial charge in [0.2, 0.25) is 0 Å². The average Bonchev–Trinajstić information content (AvgIpc) is 2.99. The second kappa shape index (κ2) is 7.85. The lowest BCUT2D eigenvalue weighted by atomic mass is 10.2. The highest BCUT2D eigenvalue weighted by atomic mass is 35.5. The molecule has 25 heavy (non-hydrogen) atoms. The Morgan fingerprint density at radius 1 is 1.24 bits per heavy atom. The molecule has 2 N–H and O–H groups in total. The van der Waals surface area contributed by atoms with E-state index < -0.39 is 0 Å². The fourth-order valence-corrected chi connectivity index (χ4v) is 3.66. The van der Waals surface area contributed by atoms with Crippen LogP contribution >= 0.6 is 23.4 Å². The van der Waals surface area contributed by atoms with Crippen LogP contribution in [0, 0.1) is 0 Å². The van der Waals surface area contributed by atoms with Crippen LogP contribution in [0.25, 0.3) is 10.9 Å². The molecule has 0 saturated heterocycles. The molecule has 130 valence electrons. The highest BCUT2D eigenvalue weighted by molar-refractivity contribution is 7.99. The average molecular weight is 375 g/mol. The van der Waals surface area contributed by atoms with E-state index in [9.17, 15) is 4.79 Å². The molecule has 0 radical (unpaired) electrons. The molecule has 1 amide bonds. The second-order valence-corrected chi connectivity index (χ2v) is 7.07. The summed E-state index contributed by atoms with van der Waals surface area (Å²) in [5.74, 6) is 0.644. The van der Waals surface area contributed by atoms with Crippen molar-refractivity contribution in [2.45, 2.75) is 23.1 Å². The maximum absolute atomic E-state index is 12.6. The van der Waals surface area contributed by atoms with Gasteiger partial charge in [-0.1, -0.05) is 30.3 Å². The Balaban J connectivity index is 2.05. The molecular weight excluding hydrogens is 356 g/mol. The van der Waals surface area contributed by atoms with E-state index in [4.69, 9.17) is 16.3 Å². The number of halogens is 1. The molecule has 0 unspecified atom stereocenters. The number of nitrogens with one attached hydrogen (secondary N) is 2. The molecule has 0 atom stereocenters. The van der Waals surface area contributed by atoms with Crippen molar-refractivity contribution in [2.24, 2.45) is 0 Å². The number of benzene rings is 2. The van der Waals surface area contributed by atoms with Crippen LogP contribution in [0.2, 0.25) is 5.02 Å². The van der Waals surface area contributed by atoms with Crippen molar-refractivity contribution in [3.05, 3.63) is 53.2 Å². The largest absolute Gasteiger partial charge is 0.497 e. The third-order valence-corrected chi connectivity index (χ3v) is 5.14. The number of amides is 1. The molecule has 2 aromatic carbocycles. The van der Waals surface area contributed by atoms with Crippen LogP contribution in [-0.2, 0) is 0 Å². The maximum atomic E-state index is 12.6. The minimum absolute atomic E-state index is 0.103. The summed E-state index contributed by atoms with van der Waals surface area (Å²) < 4.78 is 5.29. The maximum Gasteiger partial charge on any atom is 0.268 e. The Labute approximate surface area is 155 Å². The molecular formula is C19H19ClN2O2S. The molecule has 0 saturated carbocycles. The number of ether oxygens (including phenoxy) is 1. The van der Waals surface area contributed by atoms with E-state index in [2.05, 4.69) is 10.3 Å². The lowest BCUT2D eigenvalue weighted by Crippen LogP contribution is -2.24. The van der Waals surface area contributed by atoms with Crippen LogP contribution in [0.1, 0.15) is 23.8 Å². The Morgan fingerprint density at radius 3 is 2.68 bits per heavy atom. The van der Waals surface area contributed by atoms with Gasteiger partial charge in [-0.05, 0) is 42.8 Å². The number of aromatic nitrogens is 1. The number of rotatable bonds is 6. The summed E-state index contributed by atoms with van der Waals surface area (Å²) in [5.41, 5.74) is 1.44. The number of hydrogen-bond acceptors (Lipinski definition) is 3. The summed E-state index contributed by atoms with van der Waals surface area (Å²) in [4.78, 5) is 17.7. The number of fused-ring (bicyclic) bond motifs is 1. The molecule has 4 nitrogen and oxygen atoms in total. The van der Waals surface area contributed by atoms with Crippen LogP contribution in [0.4, 0.5) is 0 Å². The van der Waals surface area contributed by atoms with Crippen molar-refractivity contribution < 1.29 is 9.53 Å². The normalized spacial score (nSPS) is 10.8. The zero-order chi connectivity index (χ0) is 17.8. The topological polar surface area (TPSA) is 54.1 Å². The van der Waals surface area contributed by atoms with Gasteiger partial charge in [0.15, 0.2) is 0 Å². The molecule has 0 aliphatic carbocycles. The van der Waals surface area contributed by atoms with Gasteiger partial charge < -0.3 is 15.0 Å². The van der Waals surface area contributed by atoms with Crippen molar-refractivity contribution in [3.63, 3.8) is 0 Å². The fraction of sp³-hybridized carbons (Fsp3) is 0.211. The standard InChI is InChI=1S/C19H19ClN2O2S/c1-3-10-21-19(23)17-18(25-14-7-4-12(20)5-8-14)15-9-6-13(24-2)11-16(15)22-17/h4-9,11,22H,3,10H2,1-2H3,(H,21,23). The van der Waals surface area contributed by atoms with Gasteiger partial charge in [0.05, 0.1) is 17.5 Å². The number of hydrogen-bond donors (Lipinski definition) is 2. The van der Waals surface area contributed by atoms with Crippen LogP contribution in [0.15, 0.2) is 52.3 Å². The molecule has 0 aliphatic rings. The smallest absolute Gasteiger partial charge is 0.268 e. The number of carbonyl (C=O) groups excluding carboxylic acids is 1. The van der Waals surface area contributed by atoms with Gasteiger partial charge >= 0.3 is 0 Å². The number of carbonyl (C=O) groups is 1. The van der Waals surface area contributed by atoms with Crippen LogP contribution in [0.3, 0.4) is 0 Å². The Morgan fingerprint density at radius 2 is 2.00 bits per heavy atom. The number of aromatic amines is 1. The molecule has 6 heteroatoms. The summed E-state index contributed by atoms with van der Waals surface area (Å²) in [6, 6.07) is 13.4. The van der Waals surface area contributed by atoms with E-state index in [0.717, 1.165) is 32.9 Å². The highest BCUT2D eigenvalue weighted by Gasteiger charge is 2.19. The van der Waals surface area contributed by atoms with Crippen molar-refractivity contribution in [3.8, 4) is 5.75 Å². The number of H-pyrrole nitrogens is 1. The van der Waals surface area contributed by atoms with Crippen molar-refractivity contribution >= 4 is 40.2 Å². The zero-order valence-electron chi connectivity index (χ0n) is 14.1. The van der Waals surface area contributed by atoms with E-state index >= 15 is 0 Å². The van der Waals surface area contributed by atoms with E-state index in [1.165, 1.54) is 0 Å². The first kappa shape index (κ1) is 17.7. The van der Waals surface area contributed by atoms with E-state index in [-0.39, 0.29) is 5.91 Å². The van der Waals surface area contributed by atoms with Crippen molar-refractivity contribution in [1.29, 1.82) is 0 Å². The van der Waals surface area contributed by atoms with E-state index in [0.29, 0.717) is 17.3 Å². The van der Waals surface area contributed by atoms with Gasteiger partial charge in [-0.25, -0.2) is 0 Å². The molecule has 1 heterocycles. The van der Waals surface area contributed by atoms with Gasteiger partial charge in [0, 0.05) is 27.9 Å². The molecule has 0 aliphatic heterocycles. The molecule has 0 fully saturated rings. The Hall–Kier alpha value is -2.11. The fourth-order valence-electron chi connectivity index (χ4n) is 2.49. The van der Waals surface area contributed by atoms with Crippen molar-refractivity contribution in [2.75, 3.05) is 13.7 Å². The minimum Gasteiger partial charge on any atom is -0.497 e. The minimum atomic E-state index is -0.103. The summed E-state index contributed by atoms with van der Waals surface area (Å²) in [5, 5.41) is 4.61. The van der Waals surface area contributed by atoms with Gasteiger partial charge in [0.1, 0.15) is 11.4 Å². The van der Waals surface area contributed by atoms with Crippen molar-refractivity contribution in [1.82, 2.24) is 10.3 Å². The molecule has 1 aromatic heterocycles. The molecule has 3 aromatic rings. The summed E-state index contributed by atoms with van der Waals surface area (Å²) in [6.07, 6.45) is 0.888. The SMILES string of the molecule is CCCNC(=O)c1[nH]c2cc(OC)ccc2c1Sc1ccc(Cl)cc1. The summed E-state index contributed by atoms with van der Waals surface area (Å²) >= 11 is 7.51. The summed E-state index contributed by atoms with van der Waals surface area (Å²) in [6.45, 7) is 2.67. The first-order chi connectivity index (χ1) is 12.1. The quantitative estimate of drug-likeness (QED) is 0.629. The van der Waals surface area contributed by atoms with E-state index in [1.807, 2.05) is 49.4 Å². The predicted molar refractivity (Wildman–Crippen MR) is 103 cm³/mol.